The van der Waals surface area contributed by atoms with E-state index in [0.29, 0.717) is 6.54 Å². The fraction of sp³-hybridized carbons (Fsp3) is 0.533. The Morgan fingerprint density at radius 2 is 2.32 bits per heavy atom. The number of benzene rings is 1. The van der Waals surface area contributed by atoms with Crippen LogP contribution in [0.15, 0.2) is 29.2 Å². The van der Waals surface area contributed by atoms with Gasteiger partial charge in [0.15, 0.2) is 0 Å². The minimum atomic E-state index is -0.676. The highest BCUT2D eigenvalue weighted by atomic mass is 32.2. The molecule has 0 bridgehead atoms. The van der Waals surface area contributed by atoms with E-state index in [4.69, 9.17) is 0 Å². The number of likely N-dealkylation sites (tertiary alicyclic amines) is 1. The van der Waals surface area contributed by atoms with Gasteiger partial charge in [-0.3, -0.25) is 9.69 Å². The van der Waals surface area contributed by atoms with Crippen molar-refractivity contribution < 1.29 is 9.90 Å². The third kappa shape index (κ3) is 3.51. The van der Waals surface area contributed by atoms with Crippen LogP contribution in [0.4, 0.5) is 0 Å². The lowest BCUT2D eigenvalue weighted by molar-refractivity contribution is -0.147. The highest BCUT2D eigenvalue weighted by Gasteiger charge is 2.40. The number of carboxylic acids is 1. The topological polar surface area (TPSA) is 40.5 Å². The smallest absolute Gasteiger partial charge is 0.310 e. The number of aliphatic carboxylic acids is 1. The quantitative estimate of drug-likeness (QED) is 0.841. The van der Waals surface area contributed by atoms with Crippen LogP contribution < -0.4 is 0 Å². The molecule has 3 nitrogen and oxygen atoms in total. The summed E-state index contributed by atoms with van der Waals surface area (Å²) in [4.78, 5) is 14.8. The van der Waals surface area contributed by atoms with Gasteiger partial charge in [0.05, 0.1) is 5.41 Å². The van der Waals surface area contributed by atoms with Crippen LogP contribution in [0.25, 0.3) is 0 Å². The predicted molar refractivity (Wildman–Crippen MR) is 78.5 cm³/mol. The summed E-state index contributed by atoms with van der Waals surface area (Å²) < 4.78 is 0. The van der Waals surface area contributed by atoms with Gasteiger partial charge in [-0.1, -0.05) is 19.1 Å². The Morgan fingerprint density at radius 3 is 2.95 bits per heavy atom. The number of hydrogen-bond acceptors (Lipinski definition) is 3. The largest absolute Gasteiger partial charge is 0.481 e. The Balaban J connectivity index is 1.99. The molecule has 4 heteroatoms. The monoisotopic (exact) mass is 279 g/mol. The summed E-state index contributed by atoms with van der Waals surface area (Å²) in [5, 5.41) is 9.24. The van der Waals surface area contributed by atoms with Crippen LogP contribution in [-0.4, -0.2) is 34.8 Å². The first-order chi connectivity index (χ1) is 9.03. The van der Waals surface area contributed by atoms with E-state index in [-0.39, 0.29) is 0 Å². The van der Waals surface area contributed by atoms with E-state index in [2.05, 4.69) is 36.1 Å². The van der Waals surface area contributed by atoms with Gasteiger partial charge in [0.25, 0.3) is 0 Å². The van der Waals surface area contributed by atoms with Crippen LogP contribution in [0.2, 0.25) is 0 Å². The van der Waals surface area contributed by atoms with E-state index in [1.54, 1.807) is 0 Å². The van der Waals surface area contributed by atoms with Gasteiger partial charge >= 0.3 is 5.97 Å². The molecule has 0 radical (unpaired) electrons. The molecule has 0 aromatic heterocycles. The van der Waals surface area contributed by atoms with Crippen LogP contribution in [-0.2, 0) is 11.3 Å². The molecule has 1 aromatic carbocycles. The van der Waals surface area contributed by atoms with Crippen molar-refractivity contribution >= 4 is 17.7 Å². The normalized spacial score (nSPS) is 23.7. The van der Waals surface area contributed by atoms with Gasteiger partial charge in [0, 0.05) is 18.0 Å². The van der Waals surface area contributed by atoms with Gasteiger partial charge in [0.1, 0.15) is 0 Å². The van der Waals surface area contributed by atoms with Crippen molar-refractivity contribution in [1.82, 2.24) is 4.90 Å². The average molecular weight is 279 g/mol. The number of carboxylic acid groups (broad SMARTS) is 1. The Kier molecular flexibility index (Phi) is 4.53. The molecule has 0 saturated carbocycles. The highest BCUT2D eigenvalue weighted by Crippen LogP contribution is 2.31. The highest BCUT2D eigenvalue weighted by molar-refractivity contribution is 7.99. The first-order valence-electron chi connectivity index (χ1n) is 6.71. The van der Waals surface area contributed by atoms with E-state index in [0.717, 1.165) is 25.3 Å². The maximum atomic E-state index is 11.2. The lowest BCUT2D eigenvalue weighted by Gasteiger charge is -2.20. The van der Waals surface area contributed by atoms with E-state index in [1.165, 1.54) is 10.5 Å². The van der Waals surface area contributed by atoms with E-state index >= 15 is 0 Å². The Bertz CT molecular complexity index is 463. The van der Waals surface area contributed by atoms with Crippen LogP contribution >= 0.6 is 11.8 Å². The second kappa shape index (κ2) is 5.97. The summed E-state index contributed by atoms with van der Waals surface area (Å²) >= 11 is 1.84. The van der Waals surface area contributed by atoms with Gasteiger partial charge < -0.3 is 5.11 Å². The second-order valence-corrected chi connectivity index (χ2v) is 6.74. The lowest BCUT2D eigenvalue weighted by atomic mass is 9.90. The molecule has 0 spiro atoms. The summed E-state index contributed by atoms with van der Waals surface area (Å²) in [5.74, 6) is 0.398. The first-order valence-corrected chi connectivity index (χ1v) is 7.69. The van der Waals surface area contributed by atoms with Crippen molar-refractivity contribution in [2.75, 3.05) is 18.8 Å². The summed E-state index contributed by atoms with van der Waals surface area (Å²) in [5.41, 5.74) is 0.698. The Labute approximate surface area is 119 Å². The molecule has 104 valence electrons. The molecule has 1 aromatic rings. The molecule has 1 N–H and O–H groups in total. The molecule has 0 amide bonds. The zero-order chi connectivity index (χ0) is 13.9. The number of carbonyl (C=O) groups is 1. The van der Waals surface area contributed by atoms with Crippen LogP contribution in [0.3, 0.4) is 0 Å². The van der Waals surface area contributed by atoms with Crippen molar-refractivity contribution in [1.29, 1.82) is 0 Å². The summed E-state index contributed by atoms with van der Waals surface area (Å²) in [6.45, 7) is 6.36. The van der Waals surface area contributed by atoms with Crippen LogP contribution in [0, 0.1) is 5.41 Å². The molecule has 1 aliphatic rings. The molecule has 1 unspecified atom stereocenters. The van der Waals surface area contributed by atoms with Crippen molar-refractivity contribution in [3.8, 4) is 0 Å². The minimum Gasteiger partial charge on any atom is -0.481 e. The number of nitrogens with zero attached hydrogens (tertiary/aromatic N) is 1. The van der Waals surface area contributed by atoms with Gasteiger partial charge in [-0.2, -0.15) is 0 Å². The van der Waals surface area contributed by atoms with E-state index in [9.17, 15) is 9.90 Å². The van der Waals surface area contributed by atoms with Crippen LogP contribution in [0.1, 0.15) is 25.8 Å². The van der Waals surface area contributed by atoms with Crippen molar-refractivity contribution in [3.05, 3.63) is 29.8 Å². The standard InChI is InChI=1S/C15H21NO2S/c1-3-19-13-6-4-5-12(9-13)10-16-8-7-15(2,11-16)14(17)18/h4-6,9H,3,7-8,10-11H2,1-2H3,(H,17,18). The maximum Gasteiger partial charge on any atom is 0.310 e. The summed E-state index contributed by atoms with van der Waals surface area (Å²) in [6.07, 6.45) is 0.742. The first kappa shape index (κ1) is 14.4. The Morgan fingerprint density at radius 1 is 1.53 bits per heavy atom. The molecule has 1 heterocycles. The van der Waals surface area contributed by atoms with Gasteiger partial charge in [-0.25, -0.2) is 0 Å². The van der Waals surface area contributed by atoms with E-state index in [1.807, 2.05) is 18.7 Å². The zero-order valence-electron chi connectivity index (χ0n) is 11.6. The average Bonchev–Trinajstić information content (AvgIpc) is 2.73. The molecule has 1 atom stereocenters. The fourth-order valence-corrected chi connectivity index (χ4v) is 3.27. The number of rotatable bonds is 5. The molecule has 1 saturated heterocycles. The summed E-state index contributed by atoms with van der Waals surface area (Å²) in [7, 11) is 0. The molecule has 19 heavy (non-hydrogen) atoms. The van der Waals surface area contributed by atoms with E-state index < -0.39 is 11.4 Å². The van der Waals surface area contributed by atoms with Gasteiger partial charge in [-0.15, -0.1) is 11.8 Å². The number of hydrogen-bond donors (Lipinski definition) is 1. The molecule has 0 aliphatic carbocycles. The van der Waals surface area contributed by atoms with Gasteiger partial charge in [0.2, 0.25) is 0 Å². The number of thioether (sulfide) groups is 1. The van der Waals surface area contributed by atoms with Crippen LogP contribution in [0.5, 0.6) is 0 Å². The molecular weight excluding hydrogens is 258 g/mol. The fourth-order valence-electron chi connectivity index (χ4n) is 2.52. The third-order valence-corrected chi connectivity index (χ3v) is 4.56. The maximum absolute atomic E-state index is 11.2. The zero-order valence-corrected chi connectivity index (χ0v) is 12.4. The van der Waals surface area contributed by atoms with Crippen molar-refractivity contribution in [3.63, 3.8) is 0 Å². The third-order valence-electron chi connectivity index (χ3n) is 3.68. The summed E-state index contributed by atoms with van der Waals surface area (Å²) in [6, 6.07) is 8.55. The van der Waals surface area contributed by atoms with Gasteiger partial charge in [-0.05, 0) is 43.3 Å². The lowest BCUT2D eigenvalue weighted by Crippen LogP contribution is -2.31. The minimum absolute atomic E-state index is 0.574. The molecule has 1 aliphatic heterocycles. The van der Waals surface area contributed by atoms with Crippen molar-refractivity contribution in [2.45, 2.75) is 31.7 Å². The molecular formula is C15H21NO2S. The molecule has 2 rings (SSSR count). The SMILES string of the molecule is CCSc1cccc(CN2CCC(C)(C(=O)O)C2)c1. The second-order valence-electron chi connectivity index (χ2n) is 5.41. The predicted octanol–water partition coefficient (Wildman–Crippen LogP) is 3.10. The van der Waals surface area contributed by atoms with Crippen molar-refractivity contribution in [2.24, 2.45) is 5.41 Å². The Hall–Kier alpha value is -1.00. The molecule has 1 fully saturated rings.